The second kappa shape index (κ2) is 15.8. The summed E-state index contributed by atoms with van der Waals surface area (Å²) in [5.41, 5.74) is 7.39. The molecular formula is C38H39ClN4O5. The van der Waals surface area contributed by atoms with E-state index in [4.69, 9.17) is 21.1 Å². The van der Waals surface area contributed by atoms with Crippen LogP contribution in [0.15, 0.2) is 67.0 Å². The normalized spacial score (nSPS) is 14.6. The number of amides is 1. The molecule has 3 aromatic carbocycles. The number of pyridine rings is 1. The zero-order valence-electron chi connectivity index (χ0n) is 27.4. The van der Waals surface area contributed by atoms with Crippen LogP contribution in [-0.2, 0) is 24.6 Å². The zero-order valence-corrected chi connectivity index (χ0v) is 28.1. The van der Waals surface area contributed by atoms with Crippen LogP contribution >= 0.6 is 11.6 Å². The molecule has 1 fully saturated rings. The molecule has 1 atom stereocenters. The lowest BCUT2D eigenvalue weighted by Crippen LogP contribution is -2.44. The number of hydrogen-bond acceptors (Lipinski definition) is 7. The summed E-state index contributed by atoms with van der Waals surface area (Å²) >= 11 is 6.80. The first-order valence-electron chi connectivity index (χ1n) is 16.1. The number of carboxylic acid groups (broad SMARTS) is 1. The summed E-state index contributed by atoms with van der Waals surface area (Å²) in [5.74, 6) is -0.00837. The quantitative estimate of drug-likeness (QED) is 0.162. The summed E-state index contributed by atoms with van der Waals surface area (Å²) in [6.07, 6.45) is 5.50. The molecule has 1 amide bonds. The van der Waals surface area contributed by atoms with Gasteiger partial charge >= 0.3 is 5.97 Å². The lowest BCUT2D eigenvalue weighted by molar-refractivity contribution is -0.144. The molecular weight excluding hydrogens is 628 g/mol. The van der Waals surface area contributed by atoms with E-state index in [1.165, 1.54) is 6.20 Å². The number of hydrogen-bond donors (Lipinski definition) is 2. The number of benzene rings is 3. The lowest BCUT2D eigenvalue weighted by Gasteiger charge is -2.33. The summed E-state index contributed by atoms with van der Waals surface area (Å²) in [5, 5.41) is 22.4. The van der Waals surface area contributed by atoms with Crippen molar-refractivity contribution in [3.8, 4) is 28.7 Å². The largest absolute Gasteiger partial charge is 0.488 e. The third-order valence-corrected chi connectivity index (χ3v) is 9.04. The predicted octanol–water partition coefficient (Wildman–Crippen LogP) is 7.24. The lowest BCUT2D eigenvalue weighted by atomic mass is 9.91. The highest BCUT2D eigenvalue weighted by Crippen LogP contribution is 2.37. The Balaban J connectivity index is 1.42. The second-order valence-corrected chi connectivity index (χ2v) is 12.3. The number of carbonyl (C=O) groups is 2. The summed E-state index contributed by atoms with van der Waals surface area (Å²) in [6, 6.07) is 18.5. The van der Waals surface area contributed by atoms with Crippen LogP contribution in [0.2, 0.25) is 5.02 Å². The van der Waals surface area contributed by atoms with Crippen molar-refractivity contribution in [2.24, 2.45) is 0 Å². The van der Waals surface area contributed by atoms with Crippen LogP contribution in [-0.4, -0.2) is 46.0 Å². The van der Waals surface area contributed by atoms with Gasteiger partial charge in [-0.25, -0.2) is 0 Å². The fraction of sp³-hybridized carbons (Fsp3) is 0.316. The molecule has 248 valence electrons. The minimum Gasteiger partial charge on any atom is -0.488 e. The van der Waals surface area contributed by atoms with Gasteiger partial charge < -0.3 is 19.9 Å². The highest BCUT2D eigenvalue weighted by molar-refractivity contribution is 6.32. The molecule has 0 aliphatic carbocycles. The molecule has 1 saturated heterocycles. The third kappa shape index (κ3) is 7.96. The van der Waals surface area contributed by atoms with Gasteiger partial charge in [0.25, 0.3) is 5.91 Å². The Morgan fingerprint density at radius 2 is 1.75 bits per heavy atom. The first-order valence-corrected chi connectivity index (χ1v) is 16.4. The Hall–Kier alpha value is -4.91. The molecule has 0 radical (unpaired) electrons. The molecule has 1 aliphatic heterocycles. The van der Waals surface area contributed by atoms with E-state index < -0.39 is 12.0 Å². The van der Waals surface area contributed by atoms with Crippen LogP contribution in [0, 0.1) is 25.2 Å². The third-order valence-electron chi connectivity index (χ3n) is 8.74. The van der Waals surface area contributed by atoms with Gasteiger partial charge in [0.2, 0.25) is 0 Å². The highest BCUT2D eigenvalue weighted by atomic mass is 35.5. The van der Waals surface area contributed by atoms with Crippen molar-refractivity contribution in [2.75, 3.05) is 13.1 Å². The average Bonchev–Trinajstić information content (AvgIpc) is 3.08. The molecule has 10 heteroatoms. The van der Waals surface area contributed by atoms with E-state index in [1.54, 1.807) is 24.4 Å². The molecule has 0 unspecified atom stereocenters. The smallest absolute Gasteiger partial charge is 0.320 e. The number of rotatable bonds is 12. The topological polar surface area (TPSA) is 125 Å². The Bertz CT molecular complexity index is 1850. The van der Waals surface area contributed by atoms with Crippen molar-refractivity contribution in [3.05, 3.63) is 111 Å². The fourth-order valence-corrected chi connectivity index (χ4v) is 6.37. The van der Waals surface area contributed by atoms with Crippen molar-refractivity contribution in [2.45, 2.75) is 65.8 Å². The van der Waals surface area contributed by atoms with Crippen molar-refractivity contribution in [1.29, 1.82) is 5.26 Å². The number of carbonyl (C=O) groups excluding carboxylic acids is 1. The molecule has 2 heterocycles. The fourth-order valence-electron chi connectivity index (χ4n) is 6.13. The van der Waals surface area contributed by atoms with E-state index in [-0.39, 0.29) is 19.1 Å². The number of nitriles is 1. The first-order chi connectivity index (χ1) is 23.2. The van der Waals surface area contributed by atoms with Crippen molar-refractivity contribution >= 4 is 23.5 Å². The van der Waals surface area contributed by atoms with Gasteiger partial charge in [-0.15, -0.1) is 0 Å². The number of halogens is 1. The Morgan fingerprint density at radius 3 is 2.50 bits per heavy atom. The van der Waals surface area contributed by atoms with Gasteiger partial charge in [-0.3, -0.25) is 19.5 Å². The van der Waals surface area contributed by atoms with E-state index in [0.717, 1.165) is 51.8 Å². The molecule has 2 N–H and O–H groups in total. The van der Waals surface area contributed by atoms with Crippen molar-refractivity contribution in [1.82, 2.24) is 15.2 Å². The Labute approximate surface area is 286 Å². The van der Waals surface area contributed by atoms with Crippen molar-refractivity contribution in [3.63, 3.8) is 0 Å². The number of piperidine rings is 1. The molecule has 4 aromatic rings. The standard InChI is InChI=1S/C38H39ClN4O5/c1-4-42-37(44)32-12-8-11-31(25(32)3)30-10-7-9-28(24(30)2)23-48-36-17-35(47-22-27-15-26(18-40)19-41-20-27)29(16-33(36)39)21-43-14-6-5-13-34(43)38(45)46/h7-12,15-17,19-20,34H,4-6,13-14,21-23H2,1-3H3,(H,42,44)(H,45,46)/t34-/m0/s1. The first kappa shape index (κ1) is 34.4. The second-order valence-electron chi connectivity index (χ2n) is 11.9. The maximum Gasteiger partial charge on any atom is 0.320 e. The number of aromatic nitrogens is 1. The van der Waals surface area contributed by atoms with Crippen LogP contribution < -0.4 is 14.8 Å². The molecule has 9 nitrogen and oxygen atoms in total. The Morgan fingerprint density at radius 1 is 1.00 bits per heavy atom. The monoisotopic (exact) mass is 666 g/mol. The van der Waals surface area contributed by atoms with Crippen LogP contribution in [0.4, 0.5) is 0 Å². The Kier molecular flexibility index (Phi) is 11.3. The van der Waals surface area contributed by atoms with Gasteiger partial charge in [0.05, 0.1) is 10.6 Å². The average molecular weight is 667 g/mol. The maximum atomic E-state index is 12.7. The van der Waals surface area contributed by atoms with Gasteiger partial charge in [-0.1, -0.05) is 48.4 Å². The molecule has 0 spiro atoms. The van der Waals surface area contributed by atoms with Gasteiger partial charge in [-0.05, 0) is 86.2 Å². The van der Waals surface area contributed by atoms with E-state index in [0.29, 0.717) is 53.7 Å². The van der Waals surface area contributed by atoms with Crippen LogP contribution in [0.5, 0.6) is 11.5 Å². The molecule has 0 bridgehead atoms. The van der Waals surface area contributed by atoms with Crippen LogP contribution in [0.1, 0.15) is 69.9 Å². The summed E-state index contributed by atoms with van der Waals surface area (Å²) in [6.45, 7) is 7.82. The number of nitrogens with zero attached hydrogens (tertiary/aromatic N) is 3. The SMILES string of the molecule is CCNC(=O)c1cccc(-c2cccc(COc3cc(OCc4cncc(C#N)c4)c(CN4CCCC[C@H]4C(=O)O)cc3Cl)c2C)c1C. The van der Waals surface area contributed by atoms with Gasteiger partial charge in [0.15, 0.2) is 0 Å². The van der Waals surface area contributed by atoms with Gasteiger partial charge in [-0.2, -0.15) is 5.26 Å². The zero-order chi connectivity index (χ0) is 34.2. The summed E-state index contributed by atoms with van der Waals surface area (Å²) in [4.78, 5) is 30.7. The molecule has 48 heavy (non-hydrogen) atoms. The molecule has 0 saturated carbocycles. The van der Waals surface area contributed by atoms with Crippen LogP contribution in [0.25, 0.3) is 11.1 Å². The number of ether oxygens (including phenoxy) is 2. The number of carboxylic acids is 1. The van der Waals surface area contributed by atoms with Crippen LogP contribution in [0.3, 0.4) is 0 Å². The minimum absolute atomic E-state index is 0.0992. The predicted molar refractivity (Wildman–Crippen MR) is 184 cm³/mol. The van der Waals surface area contributed by atoms with E-state index in [2.05, 4.69) is 16.4 Å². The molecule has 5 rings (SSSR count). The summed E-state index contributed by atoms with van der Waals surface area (Å²) in [7, 11) is 0. The number of nitrogens with one attached hydrogen (secondary N) is 1. The number of aliphatic carboxylic acids is 1. The van der Waals surface area contributed by atoms with E-state index >= 15 is 0 Å². The van der Waals surface area contributed by atoms with E-state index in [1.807, 2.05) is 62.1 Å². The maximum absolute atomic E-state index is 12.7. The van der Waals surface area contributed by atoms with Gasteiger partial charge in [0.1, 0.15) is 36.8 Å². The van der Waals surface area contributed by atoms with E-state index in [9.17, 15) is 20.0 Å². The summed E-state index contributed by atoms with van der Waals surface area (Å²) < 4.78 is 12.6. The molecule has 1 aliphatic rings. The van der Waals surface area contributed by atoms with Crippen molar-refractivity contribution < 1.29 is 24.2 Å². The molecule has 1 aromatic heterocycles. The number of likely N-dealkylation sites (tertiary alicyclic amines) is 1. The highest BCUT2D eigenvalue weighted by Gasteiger charge is 2.29. The minimum atomic E-state index is -0.841. The van der Waals surface area contributed by atoms with Gasteiger partial charge in [0, 0.05) is 48.2 Å².